The molecule has 4 rings (SSSR count). The Balaban J connectivity index is 1.58. The van der Waals surface area contributed by atoms with E-state index in [0.717, 1.165) is 16.8 Å². The molecule has 2 aromatic carbocycles. The summed E-state index contributed by atoms with van der Waals surface area (Å²) in [6.45, 7) is 1.60. The minimum atomic E-state index is -0.963. The summed E-state index contributed by atoms with van der Waals surface area (Å²) in [4.78, 5) is 27.1. The molecule has 1 saturated heterocycles. The van der Waals surface area contributed by atoms with Crippen molar-refractivity contribution in [1.82, 2.24) is 4.90 Å². The summed E-state index contributed by atoms with van der Waals surface area (Å²) in [5, 5.41) is 9.10. The fourth-order valence-corrected chi connectivity index (χ4v) is 3.62. The maximum absolute atomic E-state index is 12.9. The summed E-state index contributed by atoms with van der Waals surface area (Å²) in [7, 11) is 0. The van der Waals surface area contributed by atoms with Crippen molar-refractivity contribution in [3.63, 3.8) is 0 Å². The summed E-state index contributed by atoms with van der Waals surface area (Å²) in [6.07, 6.45) is -0.393. The number of carbonyl (C=O) groups is 2. The van der Waals surface area contributed by atoms with Crippen LogP contribution in [0.3, 0.4) is 0 Å². The Morgan fingerprint density at radius 2 is 1.85 bits per heavy atom. The first-order chi connectivity index (χ1) is 12.6. The number of fused-ring (bicyclic) bond motifs is 1. The van der Waals surface area contributed by atoms with Gasteiger partial charge in [-0.15, -0.1) is 0 Å². The summed E-state index contributed by atoms with van der Waals surface area (Å²) in [5.41, 5.74) is 2.89. The van der Waals surface area contributed by atoms with Gasteiger partial charge in [0.25, 0.3) is 0 Å². The van der Waals surface area contributed by atoms with Gasteiger partial charge in [0.05, 0.1) is 18.2 Å². The molecule has 0 aliphatic carbocycles. The first kappa shape index (κ1) is 16.4. The average molecular weight is 352 g/mol. The maximum atomic E-state index is 12.9. The van der Waals surface area contributed by atoms with Crippen molar-refractivity contribution < 1.29 is 19.4 Å². The van der Waals surface area contributed by atoms with Crippen molar-refractivity contribution in [1.29, 1.82) is 0 Å². The molecule has 2 aliphatic heterocycles. The van der Waals surface area contributed by atoms with Gasteiger partial charge < -0.3 is 19.6 Å². The van der Waals surface area contributed by atoms with E-state index in [2.05, 4.69) is 0 Å². The number of amides is 2. The normalized spacial score (nSPS) is 19.0. The molecule has 0 saturated carbocycles. The molecule has 2 aliphatic rings. The molecule has 0 radical (unpaired) electrons. The molecule has 6 nitrogen and oxygen atoms in total. The highest BCUT2D eigenvalue weighted by molar-refractivity contribution is 5.97. The molecule has 0 spiro atoms. The molecular formula is C20H20N2O4. The maximum Gasteiger partial charge on any atom is 0.407 e. The molecule has 1 fully saturated rings. The number of anilines is 1. The van der Waals surface area contributed by atoms with Crippen molar-refractivity contribution in [2.45, 2.75) is 6.42 Å². The van der Waals surface area contributed by atoms with Crippen molar-refractivity contribution in [2.75, 3.05) is 31.1 Å². The van der Waals surface area contributed by atoms with Gasteiger partial charge in [-0.25, -0.2) is 4.79 Å². The molecule has 134 valence electrons. The second-order valence-corrected chi connectivity index (χ2v) is 6.60. The van der Waals surface area contributed by atoms with Crippen LogP contribution in [-0.2, 0) is 4.79 Å². The smallest absolute Gasteiger partial charge is 0.407 e. The Kier molecular flexibility index (Phi) is 4.24. The van der Waals surface area contributed by atoms with Crippen molar-refractivity contribution in [3.05, 3.63) is 48.5 Å². The molecule has 0 bridgehead atoms. The van der Waals surface area contributed by atoms with E-state index in [-0.39, 0.29) is 18.4 Å². The topological polar surface area (TPSA) is 70.1 Å². The number of carbonyl (C=O) groups excluding carboxylic acids is 1. The number of nitrogens with zero attached hydrogens (tertiary/aromatic N) is 2. The summed E-state index contributed by atoms with van der Waals surface area (Å²) < 4.78 is 5.79. The SMILES string of the molecule is O=C(O)N1CCC(C(=O)N2CCOc3cc(-c4ccccc4)ccc32)C1. The average Bonchev–Trinajstić information content (AvgIpc) is 3.18. The Morgan fingerprint density at radius 1 is 1.04 bits per heavy atom. The second-order valence-electron chi connectivity index (χ2n) is 6.60. The number of hydrogen-bond acceptors (Lipinski definition) is 3. The lowest BCUT2D eigenvalue weighted by molar-refractivity contribution is -0.122. The van der Waals surface area contributed by atoms with Crippen molar-refractivity contribution >= 4 is 17.7 Å². The Morgan fingerprint density at radius 3 is 2.58 bits per heavy atom. The minimum absolute atomic E-state index is 0.0224. The fourth-order valence-electron chi connectivity index (χ4n) is 3.62. The molecule has 2 aromatic rings. The van der Waals surface area contributed by atoms with Crippen LogP contribution in [-0.4, -0.2) is 48.2 Å². The van der Waals surface area contributed by atoms with Gasteiger partial charge in [0.15, 0.2) is 0 Å². The van der Waals surface area contributed by atoms with Gasteiger partial charge in [0, 0.05) is 13.1 Å². The molecule has 1 atom stereocenters. The first-order valence-electron chi connectivity index (χ1n) is 8.75. The highest BCUT2D eigenvalue weighted by Gasteiger charge is 2.35. The monoisotopic (exact) mass is 352 g/mol. The molecule has 0 aromatic heterocycles. The van der Waals surface area contributed by atoms with Crippen LogP contribution in [0.4, 0.5) is 10.5 Å². The van der Waals surface area contributed by atoms with Gasteiger partial charge >= 0.3 is 6.09 Å². The summed E-state index contributed by atoms with van der Waals surface area (Å²) in [6, 6.07) is 15.9. The number of carboxylic acid groups (broad SMARTS) is 1. The van der Waals surface area contributed by atoms with E-state index in [1.807, 2.05) is 48.5 Å². The van der Waals surface area contributed by atoms with Gasteiger partial charge in [0.2, 0.25) is 5.91 Å². The van der Waals surface area contributed by atoms with Gasteiger partial charge in [-0.05, 0) is 29.7 Å². The molecule has 1 unspecified atom stereocenters. The van der Waals surface area contributed by atoms with E-state index in [1.165, 1.54) is 4.90 Å². The van der Waals surface area contributed by atoms with Crippen LogP contribution in [0.1, 0.15) is 6.42 Å². The quantitative estimate of drug-likeness (QED) is 0.902. The van der Waals surface area contributed by atoms with E-state index in [0.29, 0.717) is 31.9 Å². The van der Waals surface area contributed by atoms with E-state index in [4.69, 9.17) is 9.84 Å². The van der Waals surface area contributed by atoms with Crippen LogP contribution in [0.5, 0.6) is 5.75 Å². The van der Waals surface area contributed by atoms with Gasteiger partial charge in [-0.2, -0.15) is 0 Å². The Labute approximate surface area is 151 Å². The van der Waals surface area contributed by atoms with Crippen LogP contribution >= 0.6 is 0 Å². The molecule has 6 heteroatoms. The highest BCUT2D eigenvalue weighted by atomic mass is 16.5. The Hall–Kier alpha value is -3.02. The fraction of sp³-hybridized carbons (Fsp3) is 0.300. The van der Waals surface area contributed by atoms with E-state index in [9.17, 15) is 9.59 Å². The predicted molar refractivity (Wildman–Crippen MR) is 97.4 cm³/mol. The second kappa shape index (κ2) is 6.71. The third kappa shape index (κ3) is 2.98. The number of benzene rings is 2. The third-order valence-corrected chi connectivity index (χ3v) is 5.00. The van der Waals surface area contributed by atoms with Crippen molar-refractivity contribution in [2.24, 2.45) is 5.92 Å². The van der Waals surface area contributed by atoms with Crippen LogP contribution in [0.15, 0.2) is 48.5 Å². The van der Waals surface area contributed by atoms with Gasteiger partial charge in [0.1, 0.15) is 12.4 Å². The van der Waals surface area contributed by atoms with Crippen molar-refractivity contribution in [3.8, 4) is 16.9 Å². The predicted octanol–water partition coefficient (Wildman–Crippen LogP) is 3.08. The van der Waals surface area contributed by atoms with Gasteiger partial charge in [-0.1, -0.05) is 36.4 Å². The third-order valence-electron chi connectivity index (χ3n) is 5.00. The van der Waals surface area contributed by atoms with E-state index in [1.54, 1.807) is 4.90 Å². The minimum Gasteiger partial charge on any atom is -0.490 e. The van der Waals surface area contributed by atoms with Crippen LogP contribution in [0, 0.1) is 5.92 Å². The van der Waals surface area contributed by atoms with Crippen LogP contribution in [0.25, 0.3) is 11.1 Å². The number of likely N-dealkylation sites (tertiary alicyclic amines) is 1. The lowest BCUT2D eigenvalue weighted by atomic mass is 10.0. The lowest BCUT2D eigenvalue weighted by Crippen LogP contribution is -2.42. The Bertz CT molecular complexity index is 837. The standard InChI is InChI=1S/C20H20N2O4/c23-19(16-8-9-21(13-16)20(24)25)22-10-11-26-18-12-15(6-7-17(18)22)14-4-2-1-3-5-14/h1-7,12,16H,8-11,13H2,(H,24,25). The van der Waals surface area contributed by atoms with Crippen LogP contribution < -0.4 is 9.64 Å². The molecule has 1 N–H and O–H groups in total. The number of ether oxygens (including phenoxy) is 1. The number of hydrogen-bond donors (Lipinski definition) is 1. The molecule has 2 heterocycles. The molecule has 2 amide bonds. The lowest BCUT2D eigenvalue weighted by Gasteiger charge is -2.31. The molecule has 26 heavy (non-hydrogen) atoms. The largest absolute Gasteiger partial charge is 0.490 e. The summed E-state index contributed by atoms with van der Waals surface area (Å²) in [5.74, 6) is 0.385. The highest BCUT2D eigenvalue weighted by Crippen LogP contribution is 2.37. The van der Waals surface area contributed by atoms with E-state index >= 15 is 0 Å². The zero-order valence-corrected chi connectivity index (χ0v) is 14.3. The first-order valence-corrected chi connectivity index (χ1v) is 8.75. The summed E-state index contributed by atoms with van der Waals surface area (Å²) >= 11 is 0. The molecular weight excluding hydrogens is 332 g/mol. The number of rotatable bonds is 2. The zero-order chi connectivity index (χ0) is 18.1. The van der Waals surface area contributed by atoms with E-state index < -0.39 is 6.09 Å². The van der Waals surface area contributed by atoms with Crippen LogP contribution in [0.2, 0.25) is 0 Å². The zero-order valence-electron chi connectivity index (χ0n) is 14.3. The van der Waals surface area contributed by atoms with Gasteiger partial charge in [-0.3, -0.25) is 4.79 Å².